The fraction of sp³-hybridized carbons (Fsp3) is 0.0952. The first-order valence-electron chi connectivity index (χ1n) is 7.89. The molecule has 2 aliphatic carbocycles. The van der Waals surface area contributed by atoms with E-state index in [1.54, 1.807) is 0 Å². The topological polar surface area (TPSA) is 31.2 Å². The number of hydrogen-bond acceptors (Lipinski definition) is 2. The van der Waals surface area contributed by atoms with Gasteiger partial charge in [-0.25, -0.2) is 0 Å². The third-order valence-corrected chi connectivity index (χ3v) is 4.49. The lowest BCUT2D eigenvalue weighted by molar-refractivity contribution is 0.153. The van der Waals surface area contributed by atoms with Crippen LogP contribution in [-0.4, -0.2) is 11.8 Å². The first kappa shape index (κ1) is 14.5. The molecule has 0 saturated carbocycles. The zero-order chi connectivity index (χ0) is 16.7. The molecule has 118 valence electrons. The monoisotopic (exact) mass is 315 g/mol. The molecule has 0 N–H and O–H groups in total. The Morgan fingerprint density at radius 2 is 1.50 bits per heavy atom. The van der Waals surface area contributed by atoms with Gasteiger partial charge in [-0.15, -0.1) is 4.73 Å². The molecule has 0 atom stereocenters. The summed E-state index contributed by atoms with van der Waals surface area (Å²) in [5.74, 6) is 0. The molecule has 3 heteroatoms. The zero-order valence-electron chi connectivity index (χ0n) is 13.6. The number of pyridine rings is 1. The average molecular weight is 315 g/mol. The van der Waals surface area contributed by atoms with Crippen molar-refractivity contribution in [3.05, 3.63) is 82.8 Å². The summed E-state index contributed by atoms with van der Waals surface area (Å²) in [5, 5.41) is 1.67. The van der Waals surface area contributed by atoms with Crippen molar-refractivity contribution in [1.82, 2.24) is 4.73 Å². The predicted octanol–water partition coefficient (Wildman–Crippen LogP) is 4.14. The molecule has 0 saturated heterocycles. The SMILES string of the molecule is COn1c(C)c(-c2ccccc2)c2cc3cccccc-3c2c1=O. The lowest BCUT2D eigenvalue weighted by atomic mass is 10.00. The Bertz CT molecular complexity index is 1060. The van der Waals surface area contributed by atoms with Gasteiger partial charge in [0.1, 0.15) is 7.11 Å². The van der Waals surface area contributed by atoms with Crippen LogP contribution < -0.4 is 10.4 Å². The second-order valence-electron chi connectivity index (χ2n) is 5.82. The van der Waals surface area contributed by atoms with E-state index in [0.29, 0.717) is 5.39 Å². The van der Waals surface area contributed by atoms with Gasteiger partial charge >= 0.3 is 0 Å². The van der Waals surface area contributed by atoms with Gasteiger partial charge in [0.05, 0.1) is 11.1 Å². The number of nitrogens with zero attached hydrogens (tertiary/aromatic N) is 1. The van der Waals surface area contributed by atoms with E-state index in [1.165, 1.54) is 11.8 Å². The lowest BCUT2D eigenvalue weighted by Gasteiger charge is -2.14. The van der Waals surface area contributed by atoms with E-state index in [9.17, 15) is 4.79 Å². The molecular formula is C21H17NO2. The fourth-order valence-electron chi connectivity index (χ4n) is 3.45. The van der Waals surface area contributed by atoms with Gasteiger partial charge in [0, 0.05) is 5.56 Å². The Balaban J connectivity index is 2.25. The van der Waals surface area contributed by atoms with E-state index in [-0.39, 0.29) is 5.56 Å². The van der Waals surface area contributed by atoms with Crippen molar-refractivity contribution in [2.24, 2.45) is 0 Å². The van der Waals surface area contributed by atoms with E-state index in [4.69, 9.17) is 4.84 Å². The standard InChI is InChI=1S/C21H17NO2/c1-14-19(15-9-5-3-6-10-15)18-13-16-11-7-4-8-12-17(16)20(18)21(23)22(14)24-2/h3-13H,1-2H3. The molecule has 0 aliphatic heterocycles. The van der Waals surface area contributed by atoms with Crippen LogP contribution in [0.4, 0.5) is 0 Å². The Labute approximate surface area is 140 Å². The summed E-state index contributed by atoms with van der Waals surface area (Å²) in [4.78, 5) is 18.4. The van der Waals surface area contributed by atoms with E-state index >= 15 is 0 Å². The van der Waals surface area contributed by atoms with Crippen molar-refractivity contribution in [3.63, 3.8) is 0 Å². The summed E-state index contributed by atoms with van der Waals surface area (Å²) < 4.78 is 1.39. The molecular weight excluding hydrogens is 298 g/mol. The van der Waals surface area contributed by atoms with E-state index in [0.717, 1.165) is 33.3 Å². The summed E-state index contributed by atoms with van der Waals surface area (Å²) in [6.07, 6.45) is 0. The predicted molar refractivity (Wildman–Crippen MR) is 97.5 cm³/mol. The minimum absolute atomic E-state index is 0.120. The van der Waals surface area contributed by atoms with Crippen molar-refractivity contribution in [1.29, 1.82) is 0 Å². The molecule has 0 radical (unpaired) electrons. The Kier molecular flexibility index (Phi) is 3.35. The van der Waals surface area contributed by atoms with Crippen molar-refractivity contribution in [2.75, 3.05) is 7.11 Å². The molecule has 1 aromatic carbocycles. The highest BCUT2D eigenvalue weighted by Gasteiger charge is 2.21. The van der Waals surface area contributed by atoms with Crippen molar-refractivity contribution >= 4 is 10.8 Å². The van der Waals surface area contributed by atoms with Crippen LogP contribution in [-0.2, 0) is 0 Å². The van der Waals surface area contributed by atoms with E-state index in [1.807, 2.05) is 55.5 Å². The van der Waals surface area contributed by atoms with Crippen molar-refractivity contribution in [3.8, 4) is 22.3 Å². The first-order valence-corrected chi connectivity index (χ1v) is 7.89. The maximum Gasteiger partial charge on any atom is 0.291 e. The maximum absolute atomic E-state index is 13.0. The molecule has 2 aliphatic rings. The Hall–Kier alpha value is -3.07. The normalized spacial score (nSPS) is 11.1. The molecule has 0 spiro atoms. The highest BCUT2D eigenvalue weighted by atomic mass is 16.6. The quantitative estimate of drug-likeness (QED) is 0.557. The molecule has 0 fully saturated rings. The highest BCUT2D eigenvalue weighted by molar-refractivity contribution is 6.08. The highest BCUT2D eigenvalue weighted by Crippen LogP contribution is 2.38. The number of fused-ring (bicyclic) bond motifs is 3. The molecule has 0 unspecified atom stereocenters. The van der Waals surface area contributed by atoms with Gasteiger partial charge in [-0.3, -0.25) is 4.79 Å². The van der Waals surface area contributed by atoms with Gasteiger partial charge in [0.15, 0.2) is 0 Å². The van der Waals surface area contributed by atoms with Gasteiger partial charge in [-0.05, 0) is 35.1 Å². The van der Waals surface area contributed by atoms with Gasteiger partial charge in [-0.1, -0.05) is 60.7 Å². The van der Waals surface area contributed by atoms with Crippen LogP contribution in [0.2, 0.25) is 0 Å². The van der Waals surface area contributed by atoms with Crippen LogP contribution in [0.3, 0.4) is 0 Å². The van der Waals surface area contributed by atoms with E-state index in [2.05, 4.69) is 18.2 Å². The van der Waals surface area contributed by atoms with Crippen LogP contribution in [0.1, 0.15) is 5.69 Å². The molecule has 1 aromatic heterocycles. The molecule has 1 heterocycles. The maximum atomic E-state index is 13.0. The molecule has 0 amide bonds. The summed E-state index contributed by atoms with van der Waals surface area (Å²) >= 11 is 0. The van der Waals surface area contributed by atoms with Crippen LogP contribution in [0, 0.1) is 6.92 Å². The van der Waals surface area contributed by atoms with Crippen molar-refractivity contribution < 1.29 is 4.84 Å². The minimum Gasteiger partial charge on any atom is -0.414 e. The van der Waals surface area contributed by atoms with Crippen LogP contribution in [0.25, 0.3) is 33.0 Å². The van der Waals surface area contributed by atoms with Gasteiger partial charge < -0.3 is 4.84 Å². The Morgan fingerprint density at radius 1 is 0.875 bits per heavy atom. The number of aromatic nitrogens is 1. The lowest BCUT2D eigenvalue weighted by Crippen LogP contribution is -2.27. The van der Waals surface area contributed by atoms with Crippen molar-refractivity contribution in [2.45, 2.75) is 6.92 Å². The largest absolute Gasteiger partial charge is 0.414 e. The molecule has 0 bridgehead atoms. The smallest absolute Gasteiger partial charge is 0.291 e. The summed E-state index contributed by atoms with van der Waals surface area (Å²) in [6, 6.07) is 22.2. The first-order chi connectivity index (χ1) is 11.7. The van der Waals surface area contributed by atoms with Crippen LogP contribution in [0.5, 0.6) is 0 Å². The summed E-state index contributed by atoms with van der Waals surface area (Å²) in [7, 11) is 1.53. The van der Waals surface area contributed by atoms with Crippen LogP contribution in [0.15, 0.2) is 71.5 Å². The molecule has 4 rings (SSSR count). The zero-order valence-corrected chi connectivity index (χ0v) is 13.6. The number of rotatable bonds is 2. The third-order valence-electron chi connectivity index (χ3n) is 4.49. The molecule has 3 nitrogen and oxygen atoms in total. The summed E-state index contributed by atoms with van der Waals surface area (Å²) in [6.45, 7) is 1.92. The summed E-state index contributed by atoms with van der Waals surface area (Å²) in [5.41, 5.74) is 4.80. The van der Waals surface area contributed by atoms with Gasteiger partial charge in [-0.2, -0.15) is 0 Å². The number of benzene rings is 1. The Morgan fingerprint density at radius 3 is 2.17 bits per heavy atom. The second-order valence-corrected chi connectivity index (χ2v) is 5.82. The number of hydrogen-bond donors (Lipinski definition) is 0. The van der Waals surface area contributed by atoms with Gasteiger partial charge in [0.25, 0.3) is 5.56 Å². The van der Waals surface area contributed by atoms with E-state index < -0.39 is 0 Å². The molecule has 24 heavy (non-hydrogen) atoms. The third kappa shape index (κ3) is 2.02. The fourth-order valence-corrected chi connectivity index (χ4v) is 3.45. The molecule has 2 aromatic rings. The average Bonchev–Trinajstić information content (AvgIpc) is 2.79. The van der Waals surface area contributed by atoms with Gasteiger partial charge in [0.2, 0.25) is 0 Å². The second kappa shape index (κ2) is 5.53. The van der Waals surface area contributed by atoms with Crippen LogP contribution >= 0.6 is 0 Å². The minimum atomic E-state index is -0.120.